The predicted octanol–water partition coefficient (Wildman–Crippen LogP) is 4.29. The smallest absolute Gasteiger partial charge is 0.270 e. The third-order valence-corrected chi connectivity index (χ3v) is 5.18. The zero-order valence-electron chi connectivity index (χ0n) is 16.2. The monoisotopic (exact) mass is 429 g/mol. The highest BCUT2D eigenvalue weighted by Gasteiger charge is 2.22. The molecule has 0 unspecified atom stereocenters. The fourth-order valence-electron chi connectivity index (χ4n) is 2.63. The summed E-state index contributed by atoms with van der Waals surface area (Å²) in [5.74, 6) is 1.71. The van der Waals surface area contributed by atoms with Crippen molar-refractivity contribution in [2.24, 2.45) is 0 Å². The lowest BCUT2D eigenvalue weighted by Gasteiger charge is -2.23. The summed E-state index contributed by atoms with van der Waals surface area (Å²) in [5.41, 5.74) is 1.58. The Morgan fingerprint density at radius 1 is 1.00 bits per heavy atom. The first-order valence-electron chi connectivity index (χ1n) is 8.33. The zero-order valence-corrected chi connectivity index (χ0v) is 17.8. The molecular formula is C20H19BClN2O4S. The van der Waals surface area contributed by atoms with Gasteiger partial charge in [0.05, 0.1) is 39.8 Å². The first kappa shape index (κ1) is 22.6. The van der Waals surface area contributed by atoms with E-state index in [1.807, 2.05) is 24.3 Å². The van der Waals surface area contributed by atoms with Crippen molar-refractivity contribution in [3.63, 3.8) is 0 Å². The predicted molar refractivity (Wildman–Crippen MR) is 116 cm³/mol. The van der Waals surface area contributed by atoms with Gasteiger partial charge in [-0.3, -0.25) is 4.79 Å². The van der Waals surface area contributed by atoms with Crippen LogP contribution in [0.3, 0.4) is 0 Å². The third-order valence-electron chi connectivity index (χ3n) is 4.08. The summed E-state index contributed by atoms with van der Waals surface area (Å²) in [6.45, 7) is 0.342. The number of hydrogen-bond acceptors (Lipinski definition) is 6. The van der Waals surface area contributed by atoms with E-state index in [0.717, 1.165) is 22.6 Å². The zero-order chi connectivity index (χ0) is 20.1. The number of amides is 1. The summed E-state index contributed by atoms with van der Waals surface area (Å²) in [6, 6.07) is 12.9. The lowest BCUT2D eigenvalue weighted by Crippen LogP contribution is -2.29. The van der Waals surface area contributed by atoms with Gasteiger partial charge in [-0.05, 0) is 17.7 Å². The highest BCUT2D eigenvalue weighted by molar-refractivity contribution is 7.17. The molecule has 149 valence electrons. The molecule has 1 amide bonds. The number of benzene rings is 2. The van der Waals surface area contributed by atoms with Gasteiger partial charge in [0, 0.05) is 26.6 Å². The molecule has 3 aromatic rings. The van der Waals surface area contributed by atoms with E-state index in [-0.39, 0.29) is 14.3 Å². The minimum Gasteiger partial charge on any atom is -0.497 e. The molecule has 0 aliphatic carbocycles. The van der Waals surface area contributed by atoms with Crippen molar-refractivity contribution in [3.8, 4) is 17.2 Å². The molecule has 0 aliphatic rings. The number of ether oxygens (including phenoxy) is 3. The summed E-state index contributed by atoms with van der Waals surface area (Å²) in [7, 11) is 4.75. The molecule has 6 nitrogen and oxygen atoms in total. The summed E-state index contributed by atoms with van der Waals surface area (Å²) in [5, 5.41) is 0. The van der Waals surface area contributed by atoms with E-state index in [4.69, 9.17) is 25.8 Å². The number of anilines is 1. The topological polar surface area (TPSA) is 60.9 Å². The Balaban J connectivity index is 0.00000300. The molecule has 0 fully saturated rings. The fourth-order valence-corrected chi connectivity index (χ4v) is 3.51. The normalized spacial score (nSPS) is 10.1. The second-order valence-electron chi connectivity index (χ2n) is 5.79. The van der Waals surface area contributed by atoms with Gasteiger partial charge < -0.3 is 19.1 Å². The maximum atomic E-state index is 13.2. The Morgan fingerprint density at radius 3 is 2.07 bits per heavy atom. The van der Waals surface area contributed by atoms with Gasteiger partial charge in [-0.1, -0.05) is 35.1 Å². The van der Waals surface area contributed by atoms with Gasteiger partial charge in [0.2, 0.25) is 0 Å². The number of rotatable bonds is 7. The van der Waals surface area contributed by atoms with E-state index in [2.05, 4.69) is 4.98 Å². The van der Waals surface area contributed by atoms with Crippen LogP contribution in [0.4, 0.5) is 5.69 Å². The molecule has 0 spiro atoms. The Morgan fingerprint density at radius 2 is 1.59 bits per heavy atom. The molecule has 29 heavy (non-hydrogen) atoms. The van der Waals surface area contributed by atoms with Gasteiger partial charge in [0.15, 0.2) is 4.47 Å². The third kappa shape index (κ3) is 5.43. The van der Waals surface area contributed by atoms with Gasteiger partial charge >= 0.3 is 0 Å². The lowest BCUT2D eigenvalue weighted by atomic mass is 10.1. The number of methoxy groups -OCH3 is 3. The summed E-state index contributed by atoms with van der Waals surface area (Å²) < 4.78 is 16.2. The average Bonchev–Trinajstić information content (AvgIpc) is 3.17. The van der Waals surface area contributed by atoms with Gasteiger partial charge in [0.1, 0.15) is 22.1 Å². The largest absolute Gasteiger partial charge is 0.497 e. The Kier molecular flexibility index (Phi) is 7.93. The molecule has 0 atom stereocenters. The Bertz CT molecular complexity index is 943. The van der Waals surface area contributed by atoms with E-state index in [9.17, 15) is 4.79 Å². The number of thiazole rings is 1. The summed E-state index contributed by atoms with van der Waals surface area (Å²) >= 11 is 7.06. The van der Waals surface area contributed by atoms with Crippen LogP contribution in [0.1, 0.15) is 15.2 Å². The van der Waals surface area contributed by atoms with E-state index in [1.165, 1.54) is 6.20 Å². The fraction of sp³-hybridized carbons (Fsp3) is 0.200. The van der Waals surface area contributed by atoms with Crippen LogP contribution in [0, 0.1) is 0 Å². The molecule has 0 bridgehead atoms. The first-order chi connectivity index (χ1) is 13.5. The number of nitrogens with zero attached hydrogens (tertiary/aromatic N) is 2. The van der Waals surface area contributed by atoms with Gasteiger partial charge in [-0.2, -0.15) is 0 Å². The number of aromatic nitrogens is 1. The molecule has 0 saturated heterocycles. The van der Waals surface area contributed by atoms with Crippen LogP contribution in [-0.4, -0.2) is 40.6 Å². The summed E-state index contributed by atoms with van der Waals surface area (Å²) in [4.78, 5) is 19.3. The van der Waals surface area contributed by atoms with Crippen LogP contribution in [0.5, 0.6) is 17.2 Å². The maximum absolute atomic E-state index is 13.2. The SMILES string of the molecule is COc1ccc(CN(C(=O)c2cnc(Cl)s2)c2cc(OC)cc(OC)c2)cc1.[B]. The highest BCUT2D eigenvalue weighted by Crippen LogP contribution is 2.31. The summed E-state index contributed by atoms with van der Waals surface area (Å²) in [6.07, 6.45) is 1.48. The first-order valence-corrected chi connectivity index (χ1v) is 9.52. The highest BCUT2D eigenvalue weighted by atomic mass is 35.5. The van der Waals surface area contributed by atoms with Gasteiger partial charge in [0.25, 0.3) is 5.91 Å². The van der Waals surface area contributed by atoms with Crippen molar-refractivity contribution in [2.75, 3.05) is 26.2 Å². The van der Waals surface area contributed by atoms with Crippen molar-refractivity contribution in [3.05, 3.63) is 63.6 Å². The minimum atomic E-state index is -0.212. The molecule has 0 aliphatic heterocycles. The molecule has 2 aromatic carbocycles. The van der Waals surface area contributed by atoms with Crippen LogP contribution < -0.4 is 19.1 Å². The van der Waals surface area contributed by atoms with Crippen molar-refractivity contribution < 1.29 is 19.0 Å². The van der Waals surface area contributed by atoms with Crippen molar-refractivity contribution in [2.45, 2.75) is 6.54 Å². The van der Waals surface area contributed by atoms with Crippen LogP contribution >= 0.6 is 22.9 Å². The quantitative estimate of drug-likeness (QED) is 0.524. The molecule has 3 radical (unpaired) electrons. The molecule has 1 aromatic heterocycles. The van der Waals surface area contributed by atoms with E-state index < -0.39 is 0 Å². The average molecular weight is 430 g/mol. The minimum absolute atomic E-state index is 0. The molecule has 0 N–H and O–H groups in total. The lowest BCUT2D eigenvalue weighted by molar-refractivity contribution is 0.0989. The van der Waals surface area contributed by atoms with E-state index in [1.54, 1.807) is 44.4 Å². The van der Waals surface area contributed by atoms with E-state index >= 15 is 0 Å². The molecular weight excluding hydrogens is 411 g/mol. The molecule has 0 saturated carbocycles. The Hall–Kier alpha value is -2.71. The number of halogens is 1. The molecule has 1 heterocycles. The van der Waals surface area contributed by atoms with Crippen LogP contribution in [0.15, 0.2) is 48.7 Å². The van der Waals surface area contributed by atoms with E-state index in [0.29, 0.717) is 33.1 Å². The van der Waals surface area contributed by atoms with Crippen LogP contribution in [-0.2, 0) is 6.54 Å². The molecule has 3 rings (SSSR count). The second-order valence-corrected chi connectivity index (χ2v) is 7.40. The molecule has 9 heteroatoms. The van der Waals surface area contributed by atoms with Crippen LogP contribution in [0.25, 0.3) is 0 Å². The maximum Gasteiger partial charge on any atom is 0.270 e. The van der Waals surface area contributed by atoms with Gasteiger partial charge in [-0.25, -0.2) is 4.98 Å². The number of hydrogen-bond donors (Lipinski definition) is 0. The number of carbonyl (C=O) groups is 1. The van der Waals surface area contributed by atoms with Crippen molar-refractivity contribution in [1.82, 2.24) is 4.98 Å². The standard InChI is InChI=1S/C20H19ClN2O4S.B/c1-25-15-6-4-13(5-7-15)12-23(19(24)18-11-22-20(21)28-18)14-8-16(26-2)10-17(9-14)27-3;/h4-11H,12H2,1-3H3;. The van der Waals surface area contributed by atoms with Crippen LogP contribution in [0.2, 0.25) is 4.47 Å². The van der Waals surface area contributed by atoms with Crippen molar-refractivity contribution in [1.29, 1.82) is 0 Å². The van der Waals surface area contributed by atoms with Gasteiger partial charge in [-0.15, -0.1) is 0 Å². The number of carbonyl (C=O) groups excluding carboxylic acids is 1. The Labute approximate surface area is 180 Å². The second kappa shape index (κ2) is 10.2. The van der Waals surface area contributed by atoms with Crippen molar-refractivity contribution >= 4 is 42.9 Å².